The molecule has 0 fully saturated rings. The predicted molar refractivity (Wildman–Crippen MR) is 83.1 cm³/mol. The molecule has 1 aromatic carbocycles. The fourth-order valence-corrected chi connectivity index (χ4v) is 2.07. The summed E-state index contributed by atoms with van der Waals surface area (Å²) in [7, 11) is 0. The number of anilines is 1. The molecular formula is C16H23F3N2O2. The highest BCUT2D eigenvalue weighted by molar-refractivity contribution is 5.93. The van der Waals surface area contributed by atoms with Gasteiger partial charge >= 0.3 is 6.18 Å². The van der Waals surface area contributed by atoms with Gasteiger partial charge in [-0.05, 0) is 32.4 Å². The maximum absolute atomic E-state index is 12.9. The largest absolute Gasteiger partial charge is 0.418 e. The van der Waals surface area contributed by atoms with E-state index in [0.29, 0.717) is 13.0 Å². The van der Waals surface area contributed by atoms with Crippen molar-refractivity contribution in [3.05, 3.63) is 29.8 Å². The molecule has 1 rings (SSSR count). The lowest BCUT2D eigenvalue weighted by Gasteiger charge is -2.28. The molecule has 0 bridgehead atoms. The molecule has 0 saturated carbocycles. The molecule has 1 atom stereocenters. The third-order valence-corrected chi connectivity index (χ3v) is 3.50. The molecule has 4 nitrogen and oxygen atoms in total. The van der Waals surface area contributed by atoms with E-state index in [1.807, 2.05) is 20.8 Å². The first-order chi connectivity index (χ1) is 10.6. The first-order valence-electron chi connectivity index (χ1n) is 7.53. The van der Waals surface area contributed by atoms with Crippen molar-refractivity contribution in [3.63, 3.8) is 0 Å². The van der Waals surface area contributed by atoms with Gasteiger partial charge in [-0.2, -0.15) is 13.2 Å². The lowest BCUT2D eigenvalue weighted by molar-refractivity contribution is -0.137. The van der Waals surface area contributed by atoms with E-state index >= 15 is 0 Å². The van der Waals surface area contributed by atoms with E-state index in [9.17, 15) is 23.1 Å². The third kappa shape index (κ3) is 6.19. The number of hydrogen-bond acceptors (Lipinski definition) is 3. The number of nitrogens with one attached hydrogen (secondary N) is 1. The fraction of sp³-hybridized carbons (Fsp3) is 0.562. The number of benzene rings is 1. The second kappa shape index (κ2) is 8.31. The van der Waals surface area contributed by atoms with Gasteiger partial charge < -0.3 is 10.4 Å². The fourth-order valence-electron chi connectivity index (χ4n) is 2.07. The number of aliphatic hydroxyl groups is 1. The second-order valence-corrected chi connectivity index (χ2v) is 5.68. The number of carbonyl (C=O) groups excluding carboxylic acids is 1. The standard InChI is InChI=1S/C16H23F3N2O2/c1-4-12(22)9-21(11(2)3)10-15(23)20-14-8-6-5-7-13(14)16(17,18)19/h5-8,11-12,22H,4,9-10H2,1-3H3,(H,20,23)/t12-/m1/s1. The van der Waals surface area contributed by atoms with Gasteiger partial charge in [0.15, 0.2) is 0 Å². The first kappa shape index (κ1) is 19.4. The van der Waals surface area contributed by atoms with Gasteiger partial charge in [0.2, 0.25) is 5.91 Å². The van der Waals surface area contributed by atoms with Gasteiger partial charge in [-0.1, -0.05) is 19.1 Å². The predicted octanol–water partition coefficient (Wildman–Crippen LogP) is 3.13. The Labute approximate surface area is 134 Å². The van der Waals surface area contributed by atoms with Crippen LogP contribution in [0.5, 0.6) is 0 Å². The molecule has 0 spiro atoms. The van der Waals surface area contributed by atoms with E-state index in [0.717, 1.165) is 6.07 Å². The normalized spacial score (nSPS) is 13.4. The van der Waals surface area contributed by atoms with Gasteiger partial charge in [-0.15, -0.1) is 0 Å². The first-order valence-corrected chi connectivity index (χ1v) is 7.53. The highest BCUT2D eigenvalue weighted by Gasteiger charge is 2.33. The van der Waals surface area contributed by atoms with Crippen LogP contribution in [0.25, 0.3) is 0 Å². The summed E-state index contributed by atoms with van der Waals surface area (Å²) in [5, 5.41) is 12.0. The molecular weight excluding hydrogens is 309 g/mol. The van der Waals surface area contributed by atoms with Gasteiger partial charge in [0.1, 0.15) is 0 Å². The minimum atomic E-state index is -4.53. The molecule has 23 heavy (non-hydrogen) atoms. The Kier molecular flexibility index (Phi) is 7.02. The van der Waals surface area contributed by atoms with Gasteiger partial charge in [0, 0.05) is 12.6 Å². The summed E-state index contributed by atoms with van der Waals surface area (Å²) >= 11 is 0. The number of rotatable bonds is 7. The Hall–Kier alpha value is -1.60. The summed E-state index contributed by atoms with van der Waals surface area (Å²) in [6, 6.07) is 4.85. The summed E-state index contributed by atoms with van der Waals surface area (Å²) in [5.74, 6) is -0.543. The smallest absolute Gasteiger partial charge is 0.392 e. The van der Waals surface area contributed by atoms with E-state index in [4.69, 9.17) is 0 Å². The van der Waals surface area contributed by atoms with Crippen LogP contribution in [0, 0.1) is 0 Å². The van der Waals surface area contributed by atoms with Gasteiger partial charge in [0.05, 0.1) is 23.9 Å². The number of halogens is 3. The van der Waals surface area contributed by atoms with Crippen molar-refractivity contribution in [3.8, 4) is 0 Å². The summed E-state index contributed by atoms with van der Waals surface area (Å²) in [6.45, 7) is 5.75. The van der Waals surface area contributed by atoms with E-state index in [1.54, 1.807) is 4.90 Å². The van der Waals surface area contributed by atoms with Crippen LogP contribution in [0.2, 0.25) is 0 Å². The Morgan fingerprint density at radius 1 is 1.30 bits per heavy atom. The summed E-state index contributed by atoms with van der Waals surface area (Å²) in [6.07, 6.45) is -4.56. The zero-order chi connectivity index (χ0) is 17.6. The van der Waals surface area contributed by atoms with Crippen LogP contribution in [-0.2, 0) is 11.0 Å². The number of amides is 1. The quantitative estimate of drug-likeness (QED) is 0.807. The van der Waals surface area contributed by atoms with Crippen LogP contribution in [0.3, 0.4) is 0 Å². The Morgan fingerprint density at radius 2 is 1.91 bits per heavy atom. The molecule has 1 amide bonds. The Morgan fingerprint density at radius 3 is 2.43 bits per heavy atom. The maximum Gasteiger partial charge on any atom is 0.418 e. The molecule has 7 heteroatoms. The van der Waals surface area contributed by atoms with E-state index in [2.05, 4.69) is 5.32 Å². The second-order valence-electron chi connectivity index (χ2n) is 5.68. The van der Waals surface area contributed by atoms with E-state index in [-0.39, 0.29) is 18.3 Å². The molecule has 0 unspecified atom stereocenters. The Bertz CT molecular complexity index is 518. The van der Waals surface area contributed by atoms with Crippen molar-refractivity contribution in [2.45, 2.75) is 45.5 Å². The van der Waals surface area contributed by atoms with Crippen molar-refractivity contribution in [1.29, 1.82) is 0 Å². The molecule has 0 heterocycles. The van der Waals surface area contributed by atoms with E-state index in [1.165, 1.54) is 18.2 Å². The monoisotopic (exact) mass is 332 g/mol. The van der Waals surface area contributed by atoms with Crippen LogP contribution in [0.4, 0.5) is 18.9 Å². The molecule has 1 aromatic rings. The van der Waals surface area contributed by atoms with Crippen LogP contribution < -0.4 is 5.32 Å². The van der Waals surface area contributed by atoms with Crippen LogP contribution in [-0.4, -0.2) is 41.1 Å². The number of nitrogens with zero attached hydrogens (tertiary/aromatic N) is 1. The highest BCUT2D eigenvalue weighted by atomic mass is 19.4. The average molecular weight is 332 g/mol. The average Bonchev–Trinajstić information content (AvgIpc) is 2.45. The number of aliphatic hydroxyl groups excluding tert-OH is 1. The number of carbonyl (C=O) groups is 1. The highest BCUT2D eigenvalue weighted by Crippen LogP contribution is 2.34. The van der Waals surface area contributed by atoms with E-state index < -0.39 is 23.8 Å². The Balaban J connectivity index is 2.80. The van der Waals surface area contributed by atoms with Gasteiger partial charge in [-0.3, -0.25) is 9.69 Å². The molecule has 130 valence electrons. The molecule has 0 aromatic heterocycles. The SMILES string of the molecule is CC[C@@H](O)CN(CC(=O)Nc1ccccc1C(F)(F)F)C(C)C. The summed E-state index contributed by atoms with van der Waals surface area (Å²) in [5.41, 5.74) is -1.14. The van der Waals surface area contributed by atoms with Crippen LogP contribution >= 0.6 is 0 Å². The van der Waals surface area contributed by atoms with Crippen molar-refractivity contribution in [1.82, 2.24) is 4.90 Å². The lowest BCUT2D eigenvalue weighted by Crippen LogP contribution is -2.42. The minimum Gasteiger partial charge on any atom is -0.392 e. The van der Waals surface area contributed by atoms with Crippen LogP contribution in [0.15, 0.2) is 24.3 Å². The van der Waals surface area contributed by atoms with Crippen molar-refractivity contribution >= 4 is 11.6 Å². The molecule has 0 aliphatic carbocycles. The summed E-state index contributed by atoms with van der Waals surface area (Å²) < 4.78 is 38.7. The lowest BCUT2D eigenvalue weighted by atomic mass is 10.1. The zero-order valence-electron chi connectivity index (χ0n) is 13.5. The minimum absolute atomic E-state index is 0.0141. The molecule has 0 aliphatic heterocycles. The van der Waals surface area contributed by atoms with Crippen molar-refractivity contribution in [2.24, 2.45) is 0 Å². The van der Waals surface area contributed by atoms with Gasteiger partial charge in [-0.25, -0.2) is 0 Å². The number of para-hydroxylation sites is 1. The topological polar surface area (TPSA) is 52.6 Å². The zero-order valence-corrected chi connectivity index (χ0v) is 13.5. The molecule has 0 radical (unpaired) electrons. The van der Waals surface area contributed by atoms with Crippen LogP contribution in [0.1, 0.15) is 32.8 Å². The summed E-state index contributed by atoms with van der Waals surface area (Å²) in [4.78, 5) is 13.8. The number of alkyl halides is 3. The molecule has 0 saturated heterocycles. The van der Waals surface area contributed by atoms with Crippen molar-refractivity contribution < 1.29 is 23.1 Å². The third-order valence-electron chi connectivity index (χ3n) is 3.50. The molecule has 0 aliphatic rings. The number of hydrogen-bond donors (Lipinski definition) is 2. The maximum atomic E-state index is 12.9. The van der Waals surface area contributed by atoms with Gasteiger partial charge in [0.25, 0.3) is 0 Å². The van der Waals surface area contributed by atoms with Crippen molar-refractivity contribution in [2.75, 3.05) is 18.4 Å². The molecule has 2 N–H and O–H groups in total.